The first kappa shape index (κ1) is 20.9. The van der Waals surface area contributed by atoms with E-state index in [2.05, 4.69) is 96.6 Å². The molecule has 2 N–H and O–H groups in total. The molecular formula is C32H24N4S. The molecule has 8 rings (SSSR count). The molecule has 0 aliphatic heterocycles. The summed E-state index contributed by atoms with van der Waals surface area (Å²) < 4.78 is 2.55. The van der Waals surface area contributed by atoms with Gasteiger partial charge in [-0.05, 0) is 47.0 Å². The molecule has 178 valence electrons. The van der Waals surface area contributed by atoms with Crippen LogP contribution in [0, 0.1) is 6.92 Å². The fourth-order valence-electron chi connectivity index (χ4n) is 5.75. The van der Waals surface area contributed by atoms with E-state index in [1.165, 1.54) is 52.8 Å². The Morgan fingerprint density at radius 3 is 2.27 bits per heavy atom. The Morgan fingerprint density at radius 1 is 0.676 bits per heavy atom. The minimum absolute atomic E-state index is 0.374. The molecule has 0 fully saturated rings. The largest absolute Gasteiger partial charge is 0.342 e. The van der Waals surface area contributed by atoms with Gasteiger partial charge in [-0.25, -0.2) is 9.97 Å². The highest BCUT2D eigenvalue weighted by molar-refractivity contribution is 7.26. The number of benzene rings is 5. The number of rotatable bonds is 2. The number of hydrogen-bond donors (Lipinski definition) is 2. The van der Waals surface area contributed by atoms with E-state index in [-0.39, 0.29) is 0 Å². The summed E-state index contributed by atoms with van der Waals surface area (Å²) in [5.74, 6) is 2.36. The van der Waals surface area contributed by atoms with Gasteiger partial charge in [0.25, 0.3) is 0 Å². The van der Waals surface area contributed by atoms with Crippen LogP contribution in [0.2, 0.25) is 0 Å². The number of thiophene rings is 1. The quantitative estimate of drug-likeness (QED) is 0.234. The zero-order valence-electron chi connectivity index (χ0n) is 20.8. The van der Waals surface area contributed by atoms with Crippen LogP contribution in [0.25, 0.3) is 74.9 Å². The van der Waals surface area contributed by atoms with Crippen LogP contribution < -0.4 is 0 Å². The zero-order valence-corrected chi connectivity index (χ0v) is 21.6. The fourth-order valence-corrected chi connectivity index (χ4v) is 6.98. The second kappa shape index (κ2) is 7.40. The van der Waals surface area contributed by atoms with Crippen molar-refractivity contribution in [3.63, 3.8) is 0 Å². The maximum atomic E-state index is 4.95. The zero-order chi connectivity index (χ0) is 24.8. The number of nitrogens with one attached hydrogen (secondary N) is 2. The highest BCUT2D eigenvalue weighted by Gasteiger charge is 2.15. The number of H-pyrrole nitrogens is 2. The molecule has 0 spiro atoms. The van der Waals surface area contributed by atoms with Crippen molar-refractivity contribution in [3.05, 3.63) is 84.4 Å². The van der Waals surface area contributed by atoms with E-state index in [0.29, 0.717) is 5.92 Å². The van der Waals surface area contributed by atoms with E-state index < -0.39 is 0 Å². The molecule has 0 saturated carbocycles. The van der Waals surface area contributed by atoms with Crippen LogP contribution in [0.4, 0.5) is 0 Å². The van der Waals surface area contributed by atoms with Gasteiger partial charge in [0.15, 0.2) is 0 Å². The summed E-state index contributed by atoms with van der Waals surface area (Å²) in [5, 5.41) is 7.46. The van der Waals surface area contributed by atoms with Crippen molar-refractivity contribution in [1.29, 1.82) is 0 Å². The van der Waals surface area contributed by atoms with E-state index in [0.717, 1.165) is 33.7 Å². The first-order chi connectivity index (χ1) is 18.0. The van der Waals surface area contributed by atoms with E-state index in [4.69, 9.17) is 9.97 Å². The van der Waals surface area contributed by atoms with Gasteiger partial charge in [0.2, 0.25) is 0 Å². The highest BCUT2D eigenvalue weighted by atomic mass is 32.1. The maximum absolute atomic E-state index is 4.95. The Kier molecular flexibility index (Phi) is 4.19. The molecule has 37 heavy (non-hydrogen) atoms. The molecule has 0 aliphatic carbocycles. The van der Waals surface area contributed by atoms with Crippen molar-refractivity contribution in [3.8, 4) is 11.1 Å². The van der Waals surface area contributed by atoms with Crippen LogP contribution in [0.5, 0.6) is 0 Å². The third-order valence-electron chi connectivity index (χ3n) is 7.57. The number of imidazole rings is 2. The molecule has 3 heterocycles. The van der Waals surface area contributed by atoms with Crippen molar-refractivity contribution in [2.45, 2.75) is 26.7 Å². The first-order valence-electron chi connectivity index (χ1n) is 12.7. The van der Waals surface area contributed by atoms with Gasteiger partial charge in [-0.1, -0.05) is 68.4 Å². The lowest BCUT2D eigenvalue weighted by molar-refractivity contribution is 0.799. The second-order valence-corrected chi connectivity index (χ2v) is 11.3. The smallest absolute Gasteiger partial charge is 0.109 e. The fraction of sp³-hybridized carbons (Fsp3) is 0.125. The van der Waals surface area contributed by atoms with Crippen LogP contribution in [0.15, 0.2) is 72.8 Å². The molecule has 0 aliphatic rings. The topological polar surface area (TPSA) is 57.4 Å². The minimum atomic E-state index is 0.374. The van der Waals surface area contributed by atoms with E-state index >= 15 is 0 Å². The predicted octanol–water partition coefficient (Wildman–Crippen LogP) is 9.21. The van der Waals surface area contributed by atoms with Crippen molar-refractivity contribution >= 4 is 75.1 Å². The standard InChI is InChI=1S/C32H24N4S/c1-16(2)32-35-26-13-12-24-21-10-8-19(15-27(21)37-31(24)30(26)36-32)18-9-11-23-25(14-18)20-6-4-5-7-22(20)28-29(23)34-17(3)33-28/h4-16H,1-3H3,(H,33,34)(H,35,36). The van der Waals surface area contributed by atoms with Gasteiger partial charge in [0.05, 0.1) is 21.3 Å². The molecule has 5 aromatic carbocycles. The second-order valence-electron chi connectivity index (χ2n) is 10.3. The van der Waals surface area contributed by atoms with Crippen LogP contribution in [-0.4, -0.2) is 19.9 Å². The maximum Gasteiger partial charge on any atom is 0.109 e. The minimum Gasteiger partial charge on any atom is -0.342 e. The van der Waals surface area contributed by atoms with E-state index in [9.17, 15) is 0 Å². The molecular weight excluding hydrogens is 472 g/mol. The summed E-state index contributed by atoms with van der Waals surface area (Å²) in [4.78, 5) is 16.8. The van der Waals surface area contributed by atoms with Gasteiger partial charge in [-0.15, -0.1) is 11.3 Å². The molecule has 0 atom stereocenters. The highest BCUT2D eigenvalue weighted by Crippen LogP contribution is 2.41. The third-order valence-corrected chi connectivity index (χ3v) is 8.75. The number of hydrogen-bond acceptors (Lipinski definition) is 3. The average molecular weight is 497 g/mol. The predicted molar refractivity (Wildman–Crippen MR) is 158 cm³/mol. The molecule has 3 aromatic heterocycles. The Labute approximate surface area is 217 Å². The summed E-state index contributed by atoms with van der Waals surface area (Å²) in [6.45, 7) is 6.38. The van der Waals surface area contributed by atoms with Crippen LogP contribution in [0.1, 0.15) is 31.4 Å². The lowest BCUT2D eigenvalue weighted by atomic mass is 9.95. The van der Waals surface area contributed by atoms with Crippen LogP contribution in [-0.2, 0) is 0 Å². The van der Waals surface area contributed by atoms with Gasteiger partial charge in [-0.3, -0.25) is 0 Å². The number of fused-ring (bicyclic) bond motifs is 11. The van der Waals surface area contributed by atoms with E-state index in [1.54, 1.807) is 0 Å². The Morgan fingerprint density at radius 2 is 1.43 bits per heavy atom. The summed E-state index contributed by atoms with van der Waals surface area (Å²) in [6, 6.07) is 26.7. The lowest BCUT2D eigenvalue weighted by Crippen LogP contribution is -1.88. The SMILES string of the molecule is Cc1nc2c3ccccc3c3cc(-c4ccc5c(c4)sc4c5ccc5[nH]c(C(C)C)nc54)ccc3c2[nH]1. The molecule has 8 aromatic rings. The molecule has 0 amide bonds. The van der Waals surface area contributed by atoms with Gasteiger partial charge in [0.1, 0.15) is 17.2 Å². The average Bonchev–Trinajstić information content (AvgIpc) is 3.62. The van der Waals surface area contributed by atoms with Gasteiger partial charge in [-0.2, -0.15) is 0 Å². The molecule has 5 heteroatoms. The van der Waals surface area contributed by atoms with Crippen molar-refractivity contribution in [2.24, 2.45) is 0 Å². The van der Waals surface area contributed by atoms with Crippen LogP contribution in [0.3, 0.4) is 0 Å². The van der Waals surface area contributed by atoms with Crippen LogP contribution >= 0.6 is 11.3 Å². The third kappa shape index (κ3) is 2.95. The summed E-state index contributed by atoms with van der Waals surface area (Å²) >= 11 is 1.84. The molecule has 0 unspecified atom stereocenters. The summed E-state index contributed by atoms with van der Waals surface area (Å²) in [6.07, 6.45) is 0. The molecule has 0 bridgehead atoms. The summed E-state index contributed by atoms with van der Waals surface area (Å²) in [7, 11) is 0. The number of nitrogens with zero attached hydrogens (tertiary/aromatic N) is 2. The Hall–Kier alpha value is -4.22. The lowest BCUT2D eigenvalue weighted by Gasteiger charge is -2.09. The molecule has 4 nitrogen and oxygen atoms in total. The van der Waals surface area contributed by atoms with Crippen molar-refractivity contribution < 1.29 is 0 Å². The van der Waals surface area contributed by atoms with Crippen molar-refractivity contribution in [2.75, 3.05) is 0 Å². The monoisotopic (exact) mass is 496 g/mol. The van der Waals surface area contributed by atoms with Gasteiger partial charge < -0.3 is 9.97 Å². The van der Waals surface area contributed by atoms with Gasteiger partial charge in [0, 0.05) is 32.2 Å². The first-order valence-corrected chi connectivity index (χ1v) is 13.5. The van der Waals surface area contributed by atoms with Gasteiger partial charge >= 0.3 is 0 Å². The van der Waals surface area contributed by atoms with E-state index in [1.807, 2.05) is 18.3 Å². The number of aryl methyl sites for hydroxylation is 1. The summed E-state index contributed by atoms with van der Waals surface area (Å²) in [5.41, 5.74) is 6.81. The number of aromatic amines is 2. The normalized spacial score (nSPS) is 12.4. The molecule has 0 radical (unpaired) electrons. The Bertz CT molecular complexity index is 2190. The molecule has 0 saturated heterocycles. The number of aromatic nitrogens is 4. The Balaban J connectivity index is 1.35. The van der Waals surface area contributed by atoms with Crippen molar-refractivity contribution in [1.82, 2.24) is 19.9 Å².